The monoisotopic (exact) mass is 367 g/mol. The number of aromatic amines is 1. The molecule has 1 unspecified atom stereocenters. The van der Waals surface area contributed by atoms with Crippen LogP contribution in [0.15, 0.2) is 42.6 Å². The predicted molar refractivity (Wildman–Crippen MR) is 94.3 cm³/mol. The van der Waals surface area contributed by atoms with Gasteiger partial charge < -0.3 is 20.1 Å². The summed E-state index contributed by atoms with van der Waals surface area (Å²) < 4.78 is 5.06. The molecule has 27 heavy (non-hydrogen) atoms. The maximum Gasteiger partial charge on any atom is 0.308 e. The lowest BCUT2D eigenvalue weighted by Gasteiger charge is -2.20. The van der Waals surface area contributed by atoms with Crippen molar-refractivity contribution in [3.63, 3.8) is 0 Å². The van der Waals surface area contributed by atoms with E-state index in [0.717, 1.165) is 0 Å². The van der Waals surface area contributed by atoms with E-state index in [1.807, 2.05) is 0 Å². The number of non-ortho nitro benzene ring substituents is 1. The molecule has 0 saturated heterocycles. The zero-order valence-electron chi connectivity index (χ0n) is 14.0. The van der Waals surface area contributed by atoms with E-state index >= 15 is 0 Å². The zero-order chi connectivity index (χ0) is 19.3. The van der Waals surface area contributed by atoms with Gasteiger partial charge in [-0.2, -0.15) is 0 Å². The van der Waals surface area contributed by atoms with Crippen molar-refractivity contribution in [2.45, 2.75) is 12.5 Å². The quantitative estimate of drug-likeness (QED) is 0.281. The molecule has 0 fully saturated rings. The van der Waals surface area contributed by atoms with E-state index < -0.39 is 22.4 Å². The van der Waals surface area contributed by atoms with E-state index in [-0.39, 0.29) is 22.6 Å². The molecule has 1 atom stereocenters. The number of H-pyrrole nitrogens is 1. The zero-order valence-corrected chi connectivity index (χ0v) is 14.0. The van der Waals surface area contributed by atoms with Crippen LogP contribution < -0.4 is 10.1 Å². The third kappa shape index (κ3) is 2.44. The van der Waals surface area contributed by atoms with Gasteiger partial charge in [-0.3, -0.25) is 19.7 Å². The highest BCUT2D eigenvalue weighted by Gasteiger charge is 2.49. The molecule has 4 rings (SSSR count). The molecule has 9 nitrogen and oxygen atoms in total. The summed E-state index contributed by atoms with van der Waals surface area (Å²) in [7, 11) is 0. The van der Waals surface area contributed by atoms with Crippen LogP contribution in [0, 0.1) is 10.1 Å². The normalized spacial score (nSPS) is 18.2. The van der Waals surface area contributed by atoms with Gasteiger partial charge in [0.2, 0.25) is 0 Å². The number of hydrogen-bond donors (Lipinski definition) is 3. The number of rotatable bonds is 3. The summed E-state index contributed by atoms with van der Waals surface area (Å²) in [5.74, 6) is -0.987. The molecule has 1 aliphatic heterocycles. The number of ether oxygens (including phenoxy) is 1. The number of aliphatic hydroxyl groups is 1. The summed E-state index contributed by atoms with van der Waals surface area (Å²) >= 11 is 0. The minimum atomic E-state index is -2.13. The number of carbonyl (C=O) groups excluding carboxylic acids is 2. The van der Waals surface area contributed by atoms with Gasteiger partial charge in [-0.15, -0.1) is 0 Å². The van der Waals surface area contributed by atoms with E-state index in [1.54, 1.807) is 12.1 Å². The van der Waals surface area contributed by atoms with Crippen molar-refractivity contribution in [2.24, 2.45) is 0 Å². The number of anilines is 1. The maximum atomic E-state index is 12.6. The topological polar surface area (TPSA) is 135 Å². The number of amides is 1. The number of fused-ring (bicyclic) bond motifs is 2. The van der Waals surface area contributed by atoms with E-state index in [4.69, 9.17) is 4.74 Å². The van der Waals surface area contributed by atoms with Gasteiger partial charge >= 0.3 is 5.97 Å². The van der Waals surface area contributed by atoms with E-state index in [2.05, 4.69) is 10.3 Å². The van der Waals surface area contributed by atoms with Gasteiger partial charge in [0, 0.05) is 53.0 Å². The minimum Gasteiger partial charge on any atom is -0.427 e. The van der Waals surface area contributed by atoms with Gasteiger partial charge in [0.25, 0.3) is 11.6 Å². The van der Waals surface area contributed by atoms with Crippen molar-refractivity contribution in [3.05, 3.63) is 63.8 Å². The number of nitrogens with one attached hydrogen (secondary N) is 2. The summed E-state index contributed by atoms with van der Waals surface area (Å²) in [6.07, 6.45) is 1.45. The summed E-state index contributed by atoms with van der Waals surface area (Å²) in [5, 5.41) is 25.4. The third-order valence-electron chi connectivity index (χ3n) is 4.49. The number of nitro groups is 1. The van der Waals surface area contributed by atoms with Gasteiger partial charge in [0.05, 0.1) is 4.92 Å². The Morgan fingerprint density at radius 3 is 2.70 bits per heavy atom. The molecule has 0 aliphatic carbocycles. The van der Waals surface area contributed by atoms with Crippen molar-refractivity contribution >= 4 is 34.2 Å². The Kier molecular flexibility index (Phi) is 3.50. The second-order valence-corrected chi connectivity index (χ2v) is 6.15. The molecule has 1 amide bonds. The molecule has 0 saturated carbocycles. The first-order chi connectivity index (χ1) is 12.8. The molecule has 1 aromatic heterocycles. The summed E-state index contributed by atoms with van der Waals surface area (Å²) in [4.78, 5) is 37.3. The molecule has 0 radical (unpaired) electrons. The molecular formula is C18H13N3O6. The molecule has 136 valence electrons. The number of esters is 1. The smallest absolute Gasteiger partial charge is 0.308 e. The van der Waals surface area contributed by atoms with Crippen LogP contribution in [0.25, 0.3) is 10.9 Å². The Labute approximate surface area is 151 Å². The van der Waals surface area contributed by atoms with Crippen molar-refractivity contribution in [1.82, 2.24) is 4.98 Å². The van der Waals surface area contributed by atoms with Gasteiger partial charge in [0.1, 0.15) is 5.75 Å². The Balaban J connectivity index is 1.93. The van der Waals surface area contributed by atoms with Crippen LogP contribution >= 0.6 is 0 Å². The van der Waals surface area contributed by atoms with Crippen LogP contribution in [0.2, 0.25) is 0 Å². The second kappa shape index (κ2) is 5.64. The number of nitro benzene ring substituents is 1. The number of aromatic nitrogens is 1. The summed E-state index contributed by atoms with van der Waals surface area (Å²) in [5.41, 5.74) is -1.21. The average Bonchev–Trinajstić information content (AvgIpc) is 3.14. The molecule has 9 heteroatoms. The average molecular weight is 367 g/mol. The first-order valence-corrected chi connectivity index (χ1v) is 7.93. The highest BCUT2D eigenvalue weighted by atomic mass is 16.6. The molecule has 2 heterocycles. The fraction of sp³-hybridized carbons (Fsp3) is 0.111. The Hall–Kier alpha value is -3.72. The van der Waals surface area contributed by atoms with Crippen LogP contribution in [0.1, 0.15) is 18.1 Å². The molecule has 3 N–H and O–H groups in total. The van der Waals surface area contributed by atoms with E-state index in [1.165, 1.54) is 37.4 Å². The lowest BCUT2D eigenvalue weighted by atomic mass is 9.87. The molecule has 0 spiro atoms. The first-order valence-electron chi connectivity index (χ1n) is 7.93. The number of hydrogen-bond acceptors (Lipinski definition) is 6. The maximum absolute atomic E-state index is 12.6. The fourth-order valence-electron chi connectivity index (χ4n) is 3.29. The molecule has 2 aromatic carbocycles. The highest BCUT2D eigenvalue weighted by Crippen LogP contribution is 2.45. The van der Waals surface area contributed by atoms with Gasteiger partial charge in [0.15, 0.2) is 5.60 Å². The van der Waals surface area contributed by atoms with Gasteiger partial charge in [-0.25, -0.2) is 0 Å². The van der Waals surface area contributed by atoms with Crippen molar-refractivity contribution in [1.29, 1.82) is 0 Å². The number of nitrogens with zero attached hydrogens (tertiary/aromatic N) is 1. The predicted octanol–water partition coefficient (Wildman–Crippen LogP) is 2.19. The second-order valence-electron chi connectivity index (χ2n) is 6.15. The van der Waals surface area contributed by atoms with Crippen LogP contribution in [0.5, 0.6) is 5.75 Å². The largest absolute Gasteiger partial charge is 0.427 e. The molecular weight excluding hydrogens is 354 g/mol. The number of carbonyl (C=O) groups is 2. The van der Waals surface area contributed by atoms with Crippen molar-refractivity contribution < 1.29 is 24.4 Å². The van der Waals surface area contributed by atoms with E-state index in [9.17, 15) is 24.8 Å². The standard InChI is InChI=1S/C18H13N3O6/c1-9(22)27-11-3-5-15-12(7-11)14(8-19-15)18(24)13-6-10(21(25)26)2-4-16(13)20-17(18)23/h2-8,19,24H,1H3,(H,20,23). The Morgan fingerprint density at radius 1 is 1.22 bits per heavy atom. The van der Waals surface area contributed by atoms with Crippen molar-refractivity contribution in [2.75, 3.05) is 5.32 Å². The summed E-state index contributed by atoms with van der Waals surface area (Å²) in [6, 6.07) is 8.52. The van der Waals surface area contributed by atoms with Crippen LogP contribution in [-0.4, -0.2) is 26.9 Å². The highest BCUT2D eigenvalue weighted by molar-refractivity contribution is 6.09. The minimum absolute atomic E-state index is 0.0838. The van der Waals surface area contributed by atoms with Crippen molar-refractivity contribution in [3.8, 4) is 5.75 Å². The SMILES string of the molecule is CC(=O)Oc1ccc2[nH]cc(C3(O)C(=O)Nc4ccc([N+](=O)[O-])cc43)c2c1. The lowest BCUT2D eigenvalue weighted by Crippen LogP contribution is -2.35. The molecule has 3 aromatic rings. The van der Waals surface area contributed by atoms with Gasteiger partial charge in [-0.1, -0.05) is 0 Å². The third-order valence-corrected chi connectivity index (χ3v) is 4.49. The number of benzene rings is 2. The Bertz CT molecular complexity index is 1140. The van der Waals surface area contributed by atoms with E-state index in [0.29, 0.717) is 16.6 Å². The van der Waals surface area contributed by atoms with Crippen LogP contribution in [0.3, 0.4) is 0 Å². The Morgan fingerprint density at radius 2 is 2.00 bits per heavy atom. The van der Waals surface area contributed by atoms with Gasteiger partial charge in [-0.05, 0) is 24.3 Å². The fourth-order valence-corrected chi connectivity index (χ4v) is 3.29. The first kappa shape index (κ1) is 16.7. The summed E-state index contributed by atoms with van der Waals surface area (Å²) in [6.45, 7) is 1.26. The lowest BCUT2D eigenvalue weighted by molar-refractivity contribution is -0.385. The molecule has 1 aliphatic rings. The van der Waals surface area contributed by atoms with Crippen LogP contribution in [-0.2, 0) is 15.2 Å². The molecule has 0 bridgehead atoms. The van der Waals surface area contributed by atoms with Crippen LogP contribution in [0.4, 0.5) is 11.4 Å².